The van der Waals surface area contributed by atoms with E-state index in [9.17, 15) is 4.79 Å². The number of nitrogen functional groups attached to an aromatic ring is 1. The molecule has 1 amide bonds. The van der Waals surface area contributed by atoms with Gasteiger partial charge in [0.15, 0.2) is 5.82 Å². The van der Waals surface area contributed by atoms with E-state index < -0.39 is 0 Å². The lowest BCUT2D eigenvalue weighted by Crippen LogP contribution is -2.23. The minimum Gasteiger partial charge on any atom is -0.495 e. The predicted octanol–water partition coefficient (Wildman–Crippen LogP) is 0.590. The van der Waals surface area contributed by atoms with Gasteiger partial charge in [-0.3, -0.25) is 4.79 Å². The summed E-state index contributed by atoms with van der Waals surface area (Å²) in [5.41, 5.74) is 6.59. The van der Waals surface area contributed by atoms with Crippen LogP contribution < -0.4 is 15.8 Å². The maximum absolute atomic E-state index is 11.8. The Labute approximate surface area is 103 Å². The largest absolute Gasteiger partial charge is 0.495 e. The first-order chi connectivity index (χ1) is 8.70. The number of benzene rings is 1. The molecule has 7 nitrogen and oxygen atoms in total. The number of hydrogen-bond donors (Lipinski definition) is 2. The Kier molecular flexibility index (Phi) is 3.42. The normalized spacial score (nSPS) is 10.1. The zero-order valence-corrected chi connectivity index (χ0v) is 9.71. The number of nitrogens with zero attached hydrogens (tertiary/aromatic N) is 2. The smallest absolute Gasteiger partial charge is 0.251 e. The Morgan fingerprint density at radius 1 is 1.56 bits per heavy atom. The van der Waals surface area contributed by atoms with E-state index in [2.05, 4.69) is 20.0 Å². The van der Waals surface area contributed by atoms with Gasteiger partial charge in [0.1, 0.15) is 5.75 Å². The van der Waals surface area contributed by atoms with Crippen LogP contribution in [0.1, 0.15) is 16.2 Å². The van der Waals surface area contributed by atoms with Crippen LogP contribution in [0.3, 0.4) is 0 Å². The first kappa shape index (κ1) is 11.9. The summed E-state index contributed by atoms with van der Waals surface area (Å²) in [5, 5.41) is 6.24. The molecule has 0 aliphatic carbocycles. The second-order valence-corrected chi connectivity index (χ2v) is 3.49. The number of aromatic nitrogens is 2. The van der Waals surface area contributed by atoms with Gasteiger partial charge in [0.05, 0.1) is 19.3 Å². The topological polar surface area (TPSA) is 103 Å². The molecule has 0 saturated heterocycles. The van der Waals surface area contributed by atoms with Gasteiger partial charge in [0.25, 0.3) is 5.91 Å². The highest BCUT2D eigenvalue weighted by Gasteiger charge is 2.09. The van der Waals surface area contributed by atoms with Gasteiger partial charge < -0.3 is 20.3 Å². The highest BCUT2D eigenvalue weighted by molar-refractivity contribution is 5.95. The molecule has 0 aliphatic heterocycles. The molecule has 1 aromatic heterocycles. The molecule has 94 valence electrons. The van der Waals surface area contributed by atoms with Gasteiger partial charge in [-0.15, -0.1) is 0 Å². The van der Waals surface area contributed by atoms with Crippen molar-refractivity contribution in [3.05, 3.63) is 36.0 Å². The van der Waals surface area contributed by atoms with Crippen molar-refractivity contribution >= 4 is 11.6 Å². The van der Waals surface area contributed by atoms with Crippen LogP contribution in [0.5, 0.6) is 5.75 Å². The van der Waals surface area contributed by atoms with Gasteiger partial charge in [-0.1, -0.05) is 5.16 Å². The molecule has 0 unspecified atom stereocenters. The quantitative estimate of drug-likeness (QED) is 0.767. The number of carbonyl (C=O) groups excluding carboxylic acids is 1. The lowest BCUT2D eigenvalue weighted by molar-refractivity contribution is 0.0949. The molecule has 2 aromatic rings. The van der Waals surface area contributed by atoms with Crippen LogP contribution in [0.25, 0.3) is 0 Å². The van der Waals surface area contributed by atoms with Crippen LogP contribution >= 0.6 is 0 Å². The highest BCUT2D eigenvalue weighted by atomic mass is 16.5. The van der Waals surface area contributed by atoms with Crippen molar-refractivity contribution < 1.29 is 14.1 Å². The SMILES string of the molecule is COc1cc(C(=O)NCc2ncon2)ccc1N. The third-order valence-corrected chi connectivity index (χ3v) is 2.31. The fourth-order valence-electron chi connectivity index (χ4n) is 1.38. The minimum atomic E-state index is -0.266. The third-order valence-electron chi connectivity index (χ3n) is 2.31. The van der Waals surface area contributed by atoms with Gasteiger partial charge in [0.2, 0.25) is 6.39 Å². The molecule has 0 radical (unpaired) electrons. The maximum atomic E-state index is 11.8. The summed E-state index contributed by atoms with van der Waals surface area (Å²) in [7, 11) is 1.49. The number of amides is 1. The van der Waals surface area contributed by atoms with Gasteiger partial charge in [0, 0.05) is 5.56 Å². The molecule has 0 saturated carbocycles. The van der Waals surface area contributed by atoms with Crippen LogP contribution in [-0.2, 0) is 6.54 Å². The number of nitrogens with one attached hydrogen (secondary N) is 1. The zero-order chi connectivity index (χ0) is 13.0. The van der Waals surface area contributed by atoms with Gasteiger partial charge in [-0.05, 0) is 18.2 Å². The fourth-order valence-corrected chi connectivity index (χ4v) is 1.38. The molecule has 0 spiro atoms. The average Bonchev–Trinajstić information content (AvgIpc) is 2.89. The highest BCUT2D eigenvalue weighted by Crippen LogP contribution is 2.21. The lowest BCUT2D eigenvalue weighted by atomic mass is 10.2. The zero-order valence-electron chi connectivity index (χ0n) is 9.71. The second kappa shape index (κ2) is 5.17. The van der Waals surface area contributed by atoms with E-state index in [4.69, 9.17) is 10.5 Å². The molecule has 2 rings (SSSR count). The third kappa shape index (κ3) is 2.57. The van der Waals surface area contributed by atoms with Gasteiger partial charge in [-0.2, -0.15) is 4.98 Å². The number of nitrogens with two attached hydrogens (primary N) is 1. The van der Waals surface area contributed by atoms with Gasteiger partial charge in [-0.25, -0.2) is 0 Å². The summed E-state index contributed by atoms with van der Waals surface area (Å²) in [4.78, 5) is 15.6. The number of anilines is 1. The Balaban J connectivity index is 2.04. The summed E-state index contributed by atoms with van der Waals surface area (Å²) < 4.78 is 9.60. The van der Waals surface area contributed by atoms with E-state index in [0.717, 1.165) is 0 Å². The van der Waals surface area contributed by atoms with Crippen molar-refractivity contribution in [3.63, 3.8) is 0 Å². The van der Waals surface area contributed by atoms with E-state index in [-0.39, 0.29) is 12.5 Å². The number of rotatable bonds is 4. The van der Waals surface area contributed by atoms with Crippen molar-refractivity contribution in [2.75, 3.05) is 12.8 Å². The van der Waals surface area contributed by atoms with Crippen LogP contribution in [0, 0.1) is 0 Å². The number of ether oxygens (including phenoxy) is 1. The van der Waals surface area contributed by atoms with E-state index in [0.29, 0.717) is 22.8 Å². The monoisotopic (exact) mass is 248 g/mol. The van der Waals surface area contributed by atoms with E-state index in [1.54, 1.807) is 18.2 Å². The molecular formula is C11H12N4O3. The predicted molar refractivity (Wildman–Crippen MR) is 62.9 cm³/mol. The van der Waals surface area contributed by atoms with Crippen LogP contribution in [0.15, 0.2) is 29.1 Å². The van der Waals surface area contributed by atoms with Crippen molar-refractivity contribution in [3.8, 4) is 5.75 Å². The molecule has 0 bridgehead atoms. The molecule has 18 heavy (non-hydrogen) atoms. The molecule has 0 aliphatic rings. The number of methoxy groups -OCH3 is 1. The molecular weight excluding hydrogens is 236 g/mol. The Morgan fingerprint density at radius 2 is 2.39 bits per heavy atom. The van der Waals surface area contributed by atoms with E-state index in [1.807, 2.05) is 0 Å². The van der Waals surface area contributed by atoms with E-state index in [1.165, 1.54) is 13.5 Å². The molecule has 0 fully saturated rings. The number of hydrogen-bond acceptors (Lipinski definition) is 6. The van der Waals surface area contributed by atoms with Crippen LogP contribution in [0.4, 0.5) is 5.69 Å². The molecule has 7 heteroatoms. The standard InChI is InChI=1S/C11H12N4O3/c1-17-9-4-7(2-3-8(9)12)11(16)13-5-10-14-6-18-15-10/h2-4,6H,5,12H2,1H3,(H,13,16). The van der Waals surface area contributed by atoms with Crippen molar-refractivity contribution in [2.24, 2.45) is 0 Å². The van der Waals surface area contributed by atoms with Gasteiger partial charge >= 0.3 is 0 Å². The molecule has 3 N–H and O–H groups in total. The summed E-state index contributed by atoms with van der Waals surface area (Å²) >= 11 is 0. The summed E-state index contributed by atoms with van der Waals surface area (Å²) in [6.07, 6.45) is 1.20. The molecule has 0 atom stereocenters. The summed E-state index contributed by atoms with van der Waals surface area (Å²) in [6.45, 7) is 0.196. The number of carbonyl (C=O) groups is 1. The average molecular weight is 248 g/mol. The van der Waals surface area contributed by atoms with E-state index >= 15 is 0 Å². The first-order valence-electron chi connectivity index (χ1n) is 5.17. The minimum absolute atomic E-state index is 0.196. The van der Waals surface area contributed by atoms with Crippen molar-refractivity contribution in [2.45, 2.75) is 6.54 Å². The second-order valence-electron chi connectivity index (χ2n) is 3.49. The van der Waals surface area contributed by atoms with Crippen molar-refractivity contribution in [1.82, 2.24) is 15.5 Å². The first-order valence-corrected chi connectivity index (χ1v) is 5.17. The van der Waals surface area contributed by atoms with Crippen molar-refractivity contribution in [1.29, 1.82) is 0 Å². The van der Waals surface area contributed by atoms with Crippen LogP contribution in [0.2, 0.25) is 0 Å². The Morgan fingerprint density at radius 3 is 3.06 bits per heavy atom. The fraction of sp³-hybridized carbons (Fsp3) is 0.182. The summed E-state index contributed by atoms with van der Waals surface area (Å²) in [5.74, 6) is 0.603. The lowest BCUT2D eigenvalue weighted by Gasteiger charge is -2.07. The Hall–Kier alpha value is -2.57. The molecule has 1 aromatic carbocycles. The van der Waals surface area contributed by atoms with Crippen LogP contribution in [-0.4, -0.2) is 23.2 Å². The molecule has 1 heterocycles. The maximum Gasteiger partial charge on any atom is 0.251 e. The summed E-state index contributed by atoms with van der Waals surface area (Å²) in [6, 6.07) is 4.80. The Bertz CT molecular complexity index is 539.